The van der Waals surface area contributed by atoms with Gasteiger partial charge in [0.25, 0.3) is 5.56 Å². The van der Waals surface area contributed by atoms with Gasteiger partial charge in [-0.05, 0) is 36.2 Å². The van der Waals surface area contributed by atoms with Crippen molar-refractivity contribution in [3.8, 4) is 0 Å². The highest BCUT2D eigenvalue weighted by Gasteiger charge is 2.01. The number of anilines is 1. The molecule has 5 heteroatoms. The average molecular weight is 292 g/mol. The molecule has 0 amide bonds. The second-order valence-electron chi connectivity index (χ2n) is 4.89. The number of nitrogens with zero attached hydrogens (tertiary/aromatic N) is 2. The first-order chi connectivity index (χ1) is 10.8. The third kappa shape index (κ3) is 3.03. The van der Waals surface area contributed by atoms with Crippen molar-refractivity contribution in [3.63, 3.8) is 0 Å². The zero-order chi connectivity index (χ0) is 15.4. The molecule has 0 aliphatic carbocycles. The standard InChI is InChI=1S/C17H16N4O/c1-2-12-6-5-7-13(10-12)21-18-11-16-17(22)20-15-9-4-3-8-14(15)19-16/h3-11,21H,2H2,1H3,(H,20,22)/b18-11+. The molecule has 0 bridgehead atoms. The van der Waals surface area contributed by atoms with Crippen molar-refractivity contribution in [2.24, 2.45) is 5.10 Å². The number of hydrogen-bond acceptors (Lipinski definition) is 4. The van der Waals surface area contributed by atoms with Gasteiger partial charge in [0, 0.05) is 0 Å². The molecule has 1 heterocycles. The number of aromatic amines is 1. The highest BCUT2D eigenvalue weighted by molar-refractivity contribution is 5.82. The molecule has 0 fully saturated rings. The number of benzene rings is 2. The summed E-state index contributed by atoms with van der Waals surface area (Å²) in [5.74, 6) is 0. The van der Waals surface area contributed by atoms with Crippen molar-refractivity contribution in [1.82, 2.24) is 9.97 Å². The van der Waals surface area contributed by atoms with Gasteiger partial charge in [0.15, 0.2) is 0 Å². The summed E-state index contributed by atoms with van der Waals surface area (Å²) in [6, 6.07) is 15.4. The predicted octanol–water partition coefficient (Wildman–Crippen LogP) is 2.93. The Labute approximate surface area is 127 Å². The fraction of sp³-hybridized carbons (Fsp3) is 0.118. The number of hydrazone groups is 1. The smallest absolute Gasteiger partial charge is 0.276 e. The monoisotopic (exact) mass is 292 g/mol. The Bertz CT molecular complexity index is 883. The Balaban J connectivity index is 1.83. The zero-order valence-electron chi connectivity index (χ0n) is 12.2. The predicted molar refractivity (Wildman–Crippen MR) is 89.4 cm³/mol. The molecule has 0 atom stereocenters. The highest BCUT2D eigenvalue weighted by Crippen LogP contribution is 2.11. The SMILES string of the molecule is CCc1cccc(N/N=C/c2nc3ccccc3[nH]c2=O)c1. The summed E-state index contributed by atoms with van der Waals surface area (Å²) < 4.78 is 0. The van der Waals surface area contributed by atoms with E-state index in [1.165, 1.54) is 11.8 Å². The molecule has 5 nitrogen and oxygen atoms in total. The number of hydrogen-bond donors (Lipinski definition) is 2. The van der Waals surface area contributed by atoms with Crippen LogP contribution in [0, 0.1) is 0 Å². The van der Waals surface area contributed by atoms with E-state index >= 15 is 0 Å². The van der Waals surface area contributed by atoms with Gasteiger partial charge >= 0.3 is 0 Å². The number of aromatic nitrogens is 2. The molecule has 0 saturated heterocycles. The maximum atomic E-state index is 11.9. The van der Waals surface area contributed by atoms with Crippen molar-refractivity contribution in [3.05, 3.63) is 70.1 Å². The minimum Gasteiger partial charge on any atom is -0.319 e. The maximum Gasteiger partial charge on any atom is 0.276 e. The second-order valence-corrected chi connectivity index (χ2v) is 4.89. The Morgan fingerprint density at radius 3 is 2.95 bits per heavy atom. The van der Waals surface area contributed by atoms with Crippen LogP contribution in [-0.2, 0) is 6.42 Å². The largest absolute Gasteiger partial charge is 0.319 e. The van der Waals surface area contributed by atoms with E-state index in [9.17, 15) is 4.79 Å². The molecule has 110 valence electrons. The van der Waals surface area contributed by atoms with E-state index in [1.807, 2.05) is 42.5 Å². The molecule has 0 aliphatic heterocycles. The molecular formula is C17H16N4O. The number of fused-ring (bicyclic) bond motifs is 1. The minimum absolute atomic E-state index is 0.258. The number of H-pyrrole nitrogens is 1. The van der Waals surface area contributed by atoms with Gasteiger partial charge in [-0.3, -0.25) is 10.2 Å². The molecule has 22 heavy (non-hydrogen) atoms. The van der Waals surface area contributed by atoms with Crippen LogP contribution in [0.15, 0.2) is 58.4 Å². The van der Waals surface area contributed by atoms with Gasteiger partial charge in [0.2, 0.25) is 0 Å². The van der Waals surface area contributed by atoms with E-state index < -0.39 is 0 Å². The maximum absolute atomic E-state index is 11.9. The van der Waals surface area contributed by atoms with E-state index in [2.05, 4.69) is 33.5 Å². The van der Waals surface area contributed by atoms with Crippen LogP contribution in [0.2, 0.25) is 0 Å². The van der Waals surface area contributed by atoms with Crippen molar-refractivity contribution in [1.29, 1.82) is 0 Å². The topological polar surface area (TPSA) is 70.1 Å². The fourth-order valence-corrected chi connectivity index (χ4v) is 2.16. The highest BCUT2D eigenvalue weighted by atomic mass is 16.1. The van der Waals surface area contributed by atoms with Crippen LogP contribution in [-0.4, -0.2) is 16.2 Å². The third-order valence-corrected chi connectivity index (χ3v) is 3.34. The van der Waals surface area contributed by atoms with Gasteiger partial charge in [-0.2, -0.15) is 5.10 Å². The van der Waals surface area contributed by atoms with E-state index in [4.69, 9.17) is 0 Å². The lowest BCUT2D eigenvalue weighted by atomic mass is 10.1. The number of nitrogens with one attached hydrogen (secondary N) is 2. The number of aryl methyl sites for hydroxylation is 1. The van der Waals surface area contributed by atoms with Gasteiger partial charge in [-0.1, -0.05) is 31.2 Å². The van der Waals surface area contributed by atoms with Crippen LogP contribution >= 0.6 is 0 Å². The Morgan fingerprint density at radius 1 is 1.23 bits per heavy atom. The van der Waals surface area contributed by atoms with Crippen LogP contribution < -0.4 is 11.0 Å². The summed E-state index contributed by atoms with van der Waals surface area (Å²) in [6.45, 7) is 2.10. The summed E-state index contributed by atoms with van der Waals surface area (Å²) in [6.07, 6.45) is 2.40. The summed E-state index contributed by atoms with van der Waals surface area (Å²) in [4.78, 5) is 19.0. The van der Waals surface area contributed by atoms with Gasteiger partial charge in [-0.15, -0.1) is 0 Å². The molecule has 2 N–H and O–H groups in total. The van der Waals surface area contributed by atoms with Gasteiger partial charge in [-0.25, -0.2) is 4.98 Å². The number of rotatable bonds is 4. The first-order valence-electron chi connectivity index (χ1n) is 7.13. The zero-order valence-corrected chi connectivity index (χ0v) is 12.2. The summed E-state index contributed by atoms with van der Waals surface area (Å²) >= 11 is 0. The van der Waals surface area contributed by atoms with Crippen molar-refractivity contribution < 1.29 is 0 Å². The lowest BCUT2D eigenvalue weighted by molar-refractivity contribution is 1.14. The van der Waals surface area contributed by atoms with Crippen molar-refractivity contribution >= 4 is 22.9 Å². The molecule has 3 aromatic rings. The fourth-order valence-electron chi connectivity index (χ4n) is 2.16. The molecule has 0 aliphatic rings. The van der Waals surface area contributed by atoms with Crippen LogP contribution in [0.1, 0.15) is 18.2 Å². The van der Waals surface area contributed by atoms with Gasteiger partial charge in [0.05, 0.1) is 22.9 Å². The quantitative estimate of drug-likeness (QED) is 0.574. The van der Waals surface area contributed by atoms with Crippen LogP contribution in [0.4, 0.5) is 5.69 Å². The van der Waals surface area contributed by atoms with Crippen LogP contribution in [0.25, 0.3) is 11.0 Å². The van der Waals surface area contributed by atoms with Gasteiger partial charge in [0.1, 0.15) is 5.69 Å². The van der Waals surface area contributed by atoms with E-state index in [0.717, 1.165) is 17.6 Å². The molecule has 3 rings (SSSR count). The summed E-state index contributed by atoms with van der Waals surface area (Å²) in [5.41, 5.74) is 6.49. The first kappa shape index (κ1) is 14.0. The summed E-state index contributed by atoms with van der Waals surface area (Å²) in [7, 11) is 0. The Morgan fingerprint density at radius 2 is 2.09 bits per heavy atom. The van der Waals surface area contributed by atoms with E-state index in [1.54, 1.807) is 0 Å². The van der Waals surface area contributed by atoms with Crippen molar-refractivity contribution in [2.45, 2.75) is 13.3 Å². The van der Waals surface area contributed by atoms with Gasteiger partial charge < -0.3 is 4.98 Å². The molecule has 0 radical (unpaired) electrons. The molecular weight excluding hydrogens is 276 g/mol. The first-order valence-corrected chi connectivity index (χ1v) is 7.13. The Kier molecular flexibility index (Phi) is 3.96. The molecule has 0 spiro atoms. The second kappa shape index (κ2) is 6.22. The lowest BCUT2D eigenvalue weighted by Gasteiger charge is -2.02. The molecule has 0 unspecified atom stereocenters. The van der Waals surface area contributed by atoms with Crippen LogP contribution in [0.5, 0.6) is 0 Å². The van der Waals surface area contributed by atoms with E-state index in [0.29, 0.717) is 5.52 Å². The van der Waals surface area contributed by atoms with Crippen LogP contribution in [0.3, 0.4) is 0 Å². The summed E-state index contributed by atoms with van der Waals surface area (Å²) in [5, 5.41) is 4.10. The van der Waals surface area contributed by atoms with E-state index in [-0.39, 0.29) is 11.3 Å². The third-order valence-electron chi connectivity index (χ3n) is 3.34. The molecule has 1 aromatic heterocycles. The number of para-hydroxylation sites is 2. The minimum atomic E-state index is -0.258. The molecule has 0 saturated carbocycles. The Hall–Kier alpha value is -2.95. The normalized spacial score (nSPS) is 11.1. The van der Waals surface area contributed by atoms with Crippen molar-refractivity contribution in [2.75, 3.05) is 5.43 Å². The molecule has 2 aromatic carbocycles. The lowest BCUT2D eigenvalue weighted by Crippen LogP contribution is -2.15. The average Bonchev–Trinajstić information content (AvgIpc) is 2.55.